The van der Waals surface area contributed by atoms with Gasteiger partial charge in [0.15, 0.2) is 0 Å². The van der Waals surface area contributed by atoms with Crippen molar-refractivity contribution in [1.29, 1.82) is 0 Å². The molecule has 4 rings (SSSR count). The van der Waals surface area contributed by atoms with Crippen LogP contribution in [0.25, 0.3) is 5.69 Å². The Hall–Kier alpha value is -4.14. The monoisotopic (exact) mass is 517 g/mol. The van der Waals surface area contributed by atoms with Crippen molar-refractivity contribution in [2.75, 3.05) is 5.32 Å². The Morgan fingerprint density at radius 3 is 2.47 bits per heavy atom. The second-order valence-corrected chi connectivity index (χ2v) is 10.6. The second-order valence-electron chi connectivity index (χ2n) is 10.6. The van der Waals surface area contributed by atoms with Crippen LogP contribution in [0.1, 0.15) is 62.4 Å². The van der Waals surface area contributed by atoms with Gasteiger partial charge in [-0.15, -0.1) is 0 Å². The zero-order chi connectivity index (χ0) is 27.1. The maximum absolute atomic E-state index is 13.0. The molecule has 9 nitrogen and oxygen atoms in total. The van der Waals surface area contributed by atoms with Gasteiger partial charge in [0.05, 0.1) is 30.2 Å². The molecule has 1 heterocycles. The average Bonchev–Trinajstić information content (AvgIpc) is 3.32. The maximum atomic E-state index is 13.0. The van der Waals surface area contributed by atoms with Crippen LogP contribution in [0.2, 0.25) is 0 Å². The molecule has 1 saturated carbocycles. The smallest absolute Gasteiger partial charge is 0.407 e. The quantitative estimate of drug-likeness (QED) is 0.423. The van der Waals surface area contributed by atoms with E-state index in [1.807, 2.05) is 57.2 Å². The van der Waals surface area contributed by atoms with Crippen LogP contribution in [0, 0.1) is 0 Å². The summed E-state index contributed by atoms with van der Waals surface area (Å²) in [5.74, 6) is -0.311. The first-order valence-electron chi connectivity index (χ1n) is 12.9. The fraction of sp³-hybridized carbons (Fsp3) is 0.379. The number of carbonyl (C=O) groups is 3. The molecule has 1 aliphatic rings. The van der Waals surface area contributed by atoms with E-state index in [1.165, 1.54) is 0 Å². The highest BCUT2D eigenvalue weighted by atomic mass is 16.6. The van der Waals surface area contributed by atoms with Crippen LogP contribution >= 0.6 is 0 Å². The van der Waals surface area contributed by atoms with Gasteiger partial charge in [0, 0.05) is 17.6 Å². The molecule has 2 atom stereocenters. The molecular formula is C29H35N5O4. The molecule has 1 aromatic heterocycles. The van der Waals surface area contributed by atoms with Gasteiger partial charge in [0.1, 0.15) is 5.60 Å². The molecule has 2 aromatic carbocycles. The summed E-state index contributed by atoms with van der Waals surface area (Å²) in [6.07, 6.45) is 6.39. The van der Waals surface area contributed by atoms with Gasteiger partial charge in [-0.25, -0.2) is 9.48 Å². The maximum Gasteiger partial charge on any atom is 0.407 e. The van der Waals surface area contributed by atoms with Crippen molar-refractivity contribution in [3.8, 4) is 5.69 Å². The number of ether oxygens (including phenoxy) is 1. The summed E-state index contributed by atoms with van der Waals surface area (Å²) in [5, 5.41) is 13.2. The molecule has 3 amide bonds. The van der Waals surface area contributed by atoms with Crippen molar-refractivity contribution < 1.29 is 19.1 Å². The Morgan fingerprint density at radius 1 is 1.00 bits per heavy atom. The van der Waals surface area contributed by atoms with E-state index in [0.717, 1.165) is 24.8 Å². The number of aromatic nitrogens is 2. The number of benzene rings is 2. The highest BCUT2D eigenvalue weighted by Crippen LogP contribution is 2.21. The lowest BCUT2D eigenvalue weighted by Gasteiger charge is -2.31. The zero-order valence-electron chi connectivity index (χ0n) is 22.1. The van der Waals surface area contributed by atoms with Crippen LogP contribution in [0.5, 0.6) is 0 Å². The lowest BCUT2D eigenvalue weighted by molar-refractivity contribution is -0.115. The third kappa shape index (κ3) is 7.93. The second kappa shape index (κ2) is 11.9. The van der Waals surface area contributed by atoms with E-state index in [2.05, 4.69) is 21.0 Å². The number of nitrogens with zero attached hydrogens (tertiary/aromatic N) is 2. The Balaban J connectivity index is 1.33. The van der Waals surface area contributed by atoms with Crippen molar-refractivity contribution in [3.05, 3.63) is 78.1 Å². The van der Waals surface area contributed by atoms with Crippen molar-refractivity contribution >= 4 is 23.6 Å². The van der Waals surface area contributed by atoms with Gasteiger partial charge in [0.2, 0.25) is 5.91 Å². The fourth-order valence-electron chi connectivity index (χ4n) is 4.50. The highest BCUT2D eigenvalue weighted by molar-refractivity contribution is 5.95. The molecule has 0 aliphatic heterocycles. The van der Waals surface area contributed by atoms with E-state index in [-0.39, 0.29) is 30.3 Å². The predicted molar refractivity (Wildman–Crippen MR) is 145 cm³/mol. The van der Waals surface area contributed by atoms with Crippen LogP contribution < -0.4 is 16.0 Å². The van der Waals surface area contributed by atoms with E-state index >= 15 is 0 Å². The normalized spacial score (nSPS) is 17.3. The van der Waals surface area contributed by atoms with Gasteiger partial charge in [-0.1, -0.05) is 36.4 Å². The minimum atomic E-state index is -0.555. The van der Waals surface area contributed by atoms with Crippen molar-refractivity contribution in [1.82, 2.24) is 20.4 Å². The summed E-state index contributed by atoms with van der Waals surface area (Å²) < 4.78 is 6.98. The lowest BCUT2D eigenvalue weighted by atomic mass is 9.91. The van der Waals surface area contributed by atoms with Crippen LogP contribution in [0.4, 0.5) is 10.5 Å². The summed E-state index contributed by atoms with van der Waals surface area (Å²) >= 11 is 0. The zero-order valence-corrected chi connectivity index (χ0v) is 22.1. The standard InChI is InChI=1S/C29H35N5O4/c1-29(2,3)38-28(37)33-23-13-8-12-22(17-23)32-27(36)21-11-7-14-25(16-21)34-19-24(18-30-34)31-26(35)15-20-9-5-4-6-10-20/h4-7,9-11,14,16,18-19,22-23H,8,12-13,15,17H2,1-3H3,(H,31,35)(H,32,36)(H,33,37)/t22-,23?/m1/s1. The molecule has 3 aromatic rings. The predicted octanol–water partition coefficient (Wildman–Crippen LogP) is 4.62. The van der Waals surface area contributed by atoms with Gasteiger partial charge in [0.25, 0.3) is 5.91 Å². The molecule has 3 N–H and O–H groups in total. The summed E-state index contributed by atoms with van der Waals surface area (Å²) in [6.45, 7) is 5.49. The van der Waals surface area contributed by atoms with Crippen LogP contribution in [0.3, 0.4) is 0 Å². The van der Waals surface area contributed by atoms with E-state index in [1.54, 1.807) is 35.3 Å². The summed E-state index contributed by atoms with van der Waals surface area (Å²) in [7, 11) is 0. The number of alkyl carbamates (subject to hydrolysis) is 1. The summed E-state index contributed by atoms with van der Waals surface area (Å²) in [5.41, 5.74) is 2.16. The van der Waals surface area contributed by atoms with Crippen molar-refractivity contribution in [2.45, 2.75) is 70.6 Å². The summed E-state index contributed by atoms with van der Waals surface area (Å²) in [4.78, 5) is 37.5. The minimum Gasteiger partial charge on any atom is -0.444 e. The number of hydrogen-bond donors (Lipinski definition) is 3. The Labute approximate surface area is 223 Å². The highest BCUT2D eigenvalue weighted by Gasteiger charge is 2.26. The van der Waals surface area contributed by atoms with Gasteiger partial charge < -0.3 is 20.7 Å². The Bertz CT molecular complexity index is 1270. The van der Waals surface area contributed by atoms with E-state index in [4.69, 9.17) is 4.74 Å². The molecule has 1 fully saturated rings. The topological polar surface area (TPSA) is 114 Å². The largest absolute Gasteiger partial charge is 0.444 e. The molecule has 1 unspecified atom stereocenters. The van der Waals surface area contributed by atoms with Gasteiger partial charge in [-0.3, -0.25) is 9.59 Å². The van der Waals surface area contributed by atoms with E-state index < -0.39 is 11.7 Å². The van der Waals surface area contributed by atoms with Gasteiger partial charge >= 0.3 is 6.09 Å². The summed E-state index contributed by atoms with van der Waals surface area (Å²) in [6, 6.07) is 16.6. The van der Waals surface area contributed by atoms with Crippen molar-refractivity contribution in [3.63, 3.8) is 0 Å². The number of nitrogens with one attached hydrogen (secondary N) is 3. The molecule has 0 bridgehead atoms. The lowest BCUT2D eigenvalue weighted by Crippen LogP contribution is -2.46. The number of anilines is 1. The first-order valence-corrected chi connectivity index (χ1v) is 12.9. The molecule has 0 saturated heterocycles. The first-order chi connectivity index (χ1) is 18.1. The molecular weight excluding hydrogens is 482 g/mol. The van der Waals surface area contributed by atoms with E-state index in [0.29, 0.717) is 23.4 Å². The number of rotatable bonds is 7. The van der Waals surface area contributed by atoms with Crippen LogP contribution in [-0.2, 0) is 16.0 Å². The third-order valence-electron chi connectivity index (χ3n) is 6.18. The van der Waals surface area contributed by atoms with Gasteiger partial charge in [-0.2, -0.15) is 5.10 Å². The minimum absolute atomic E-state index is 0.0454. The molecule has 1 aliphatic carbocycles. The number of hydrogen-bond acceptors (Lipinski definition) is 5. The average molecular weight is 518 g/mol. The molecule has 38 heavy (non-hydrogen) atoms. The molecule has 0 radical (unpaired) electrons. The Morgan fingerprint density at radius 2 is 1.74 bits per heavy atom. The molecule has 200 valence electrons. The third-order valence-corrected chi connectivity index (χ3v) is 6.18. The van der Waals surface area contributed by atoms with E-state index in [9.17, 15) is 14.4 Å². The van der Waals surface area contributed by atoms with Crippen LogP contribution in [0.15, 0.2) is 67.0 Å². The number of amides is 3. The first kappa shape index (κ1) is 26.9. The Kier molecular flexibility index (Phi) is 8.45. The van der Waals surface area contributed by atoms with Crippen LogP contribution in [-0.4, -0.2) is 45.4 Å². The SMILES string of the molecule is CC(C)(C)OC(=O)NC1CCC[C@@H](NC(=O)c2cccc(-n3cc(NC(=O)Cc4ccccc4)cn3)c2)C1. The molecule has 0 spiro atoms. The van der Waals surface area contributed by atoms with Crippen molar-refractivity contribution in [2.24, 2.45) is 0 Å². The molecule has 9 heteroatoms. The van der Waals surface area contributed by atoms with Gasteiger partial charge in [-0.05, 0) is 70.2 Å². The fourth-order valence-corrected chi connectivity index (χ4v) is 4.50. The number of carbonyl (C=O) groups excluding carboxylic acids is 3.